The van der Waals surface area contributed by atoms with Gasteiger partial charge in [-0.2, -0.15) is 0 Å². The third-order valence-corrected chi connectivity index (χ3v) is 7.20. The Balaban J connectivity index is 1.47. The number of piperazine rings is 1. The first-order valence-electron chi connectivity index (χ1n) is 9.83. The van der Waals surface area contributed by atoms with Gasteiger partial charge in [0, 0.05) is 28.9 Å². The highest BCUT2D eigenvalue weighted by molar-refractivity contribution is 7.13. The highest BCUT2D eigenvalue weighted by atomic mass is 32.1. The highest BCUT2D eigenvalue weighted by Gasteiger charge is 2.34. The van der Waals surface area contributed by atoms with E-state index in [-0.39, 0.29) is 17.6 Å². The first-order chi connectivity index (χ1) is 14.5. The van der Waals surface area contributed by atoms with E-state index in [1.54, 1.807) is 21.1 Å². The molecule has 0 spiro atoms. The van der Waals surface area contributed by atoms with Crippen LogP contribution in [0.3, 0.4) is 0 Å². The molecule has 0 saturated carbocycles. The number of nitrogens with one attached hydrogen (secondary N) is 2. The van der Waals surface area contributed by atoms with Crippen LogP contribution in [-0.2, 0) is 6.42 Å². The molecule has 0 bridgehead atoms. The van der Waals surface area contributed by atoms with Crippen LogP contribution in [0.15, 0.2) is 47.2 Å². The minimum Gasteiger partial charge on any atom is -0.327 e. The number of amidine groups is 2. The number of rotatable bonds is 4. The number of hydrogen-bond donors (Lipinski definition) is 2. The molecule has 154 valence electrons. The van der Waals surface area contributed by atoms with E-state index in [0.717, 1.165) is 17.0 Å². The Morgan fingerprint density at radius 3 is 2.60 bits per heavy atom. The number of aryl methyl sites for hydroxylation is 1. The van der Waals surface area contributed by atoms with Gasteiger partial charge >= 0.3 is 0 Å². The van der Waals surface area contributed by atoms with Crippen LogP contribution < -0.4 is 0 Å². The Kier molecular flexibility index (Phi) is 5.78. The van der Waals surface area contributed by atoms with Crippen molar-refractivity contribution in [2.24, 2.45) is 0 Å². The van der Waals surface area contributed by atoms with Crippen LogP contribution in [0.5, 0.6) is 0 Å². The number of hydrogen-bond acceptors (Lipinski definition) is 6. The number of nitrogens with zero attached hydrogens (tertiary/aromatic N) is 3. The van der Waals surface area contributed by atoms with Gasteiger partial charge in [0.25, 0.3) is 5.91 Å². The summed E-state index contributed by atoms with van der Waals surface area (Å²) >= 11 is 3.20. The lowest BCUT2D eigenvalue weighted by atomic mass is 10.1. The minimum absolute atomic E-state index is 0.0851. The lowest BCUT2D eigenvalue weighted by Gasteiger charge is -2.40. The summed E-state index contributed by atoms with van der Waals surface area (Å²) in [6.07, 6.45) is 0.833. The average molecular weight is 438 g/mol. The zero-order valence-electron chi connectivity index (χ0n) is 16.9. The Hall–Kier alpha value is -2.84. The first-order valence-corrected chi connectivity index (χ1v) is 11.6. The van der Waals surface area contributed by atoms with Gasteiger partial charge in [-0.25, -0.2) is 4.98 Å². The predicted octanol–water partition coefficient (Wildman–Crippen LogP) is 4.58. The summed E-state index contributed by atoms with van der Waals surface area (Å²) in [4.78, 5) is 22.1. The summed E-state index contributed by atoms with van der Waals surface area (Å²) in [7, 11) is 0. The van der Waals surface area contributed by atoms with E-state index in [1.807, 2.05) is 54.9 Å². The van der Waals surface area contributed by atoms with Crippen LogP contribution in [-0.4, -0.2) is 51.5 Å². The number of aromatic nitrogens is 1. The number of benzene rings is 1. The fraction of sp³-hybridized carbons (Fsp3) is 0.273. The molecular weight excluding hydrogens is 414 g/mol. The molecule has 1 atom stereocenters. The summed E-state index contributed by atoms with van der Waals surface area (Å²) < 4.78 is 0. The van der Waals surface area contributed by atoms with Crippen molar-refractivity contribution in [2.45, 2.75) is 26.3 Å². The SMILES string of the molecule is CCc1nc(C(=N)N2CCN(C(=O)c3ccc(-c4cccs4)cc3)[C@H](C)C2=N)cs1. The van der Waals surface area contributed by atoms with Crippen molar-refractivity contribution < 1.29 is 4.79 Å². The maximum atomic E-state index is 13.1. The largest absolute Gasteiger partial charge is 0.327 e. The average Bonchev–Trinajstić information content (AvgIpc) is 3.47. The molecule has 1 fully saturated rings. The van der Waals surface area contributed by atoms with Gasteiger partial charge in [0.2, 0.25) is 0 Å². The van der Waals surface area contributed by atoms with Gasteiger partial charge in [0.1, 0.15) is 11.5 Å². The molecule has 1 aliphatic rings. The second-order valence-electron chi connectivity index (χ2n) is 7.09. The van der Waals surface area contributed by atoms with Crippen molar-refractivity contribution in [3.8, 4) is 10.4 Å². The van der Waals surface area contributed by atoms with E-state index in [9.17, 15) is 4.79 Å². The van der Waals surface area contributed by atoms with Gasteiger partial charge in [0.05, 0.1) is 11.0 Å². The molecule has 6 nitrogen and oxygen atoms in total. The van der Waals surface area contributed by atoms with Crippen LogP contribution >= 0.6 is 22.7 Å². The molecule has 8 heteroatoms. The van der Waals surface area contributed by atoms with E-state index in [4.69, 9.17) is 10.8 Å². The normalized spacial score (nSPS) is 16.7. The lowest BCUT2D eigenvalue weighted by Crippen LogP contribution is -2.58. The summed E-state index contributed by atoms with van der Waals surface area (Å²) in [5.74, 6) is 0.397. The number of thiazole rings is 1. The van der Waals surface area contributed by atoms with E-state index >= 15 is 0 Å². The molecule has 1 amide bonds. The van der Waals surface area contributed by atoms with Crippen molar-refractivity contribution in [1.82, 2.24) is 14.8 Å². The van der Waals surface area contributed by atoms with Crippen molar-refractivity contribution in [3.05, 3.63) is 63.4 Å². The molecule has 1 aliphatic heterocycles. The molecule has 3 heterocycles. The molecule has 4 rings (SSSR count). The maximum Gasteiger partial charge on any atom is 0.254 e. The van der Waals surface area contributed by atoms with E-state index < -0.39 is 6.04 Å². The van der Waals surface area contributed by atoms with Crippen LogP contribution in [0.4, 0.5) is 0 Å². The van der Waals surface area contributed by atoms with Gasteiger partial charge in [-0.1, -0.05) is 25.1 Å². The molecule has 2 N–H and O–H groups in total. The number of carbonyl (C=O) groups excluding carboxylic acids is 1. The smallest absolute Gasteiger partial charge is 0.254 e. The van der Waals surface area contributed by atoms with Crippen LogP contribution in [0.1, 0.15) is 34.9 Å². The minimum atomic E-state index is -0.409. The standard InChI is InChI=1S/C22H23N5OS2/c1-3-19-25-17(13-30-19)21(24)27-11-10-26(14(2)20(27)23)22(28)16-8-6-15(7-9-16)18-5-4-12-29-18/h4-9,12-14,23-24H,3,10-11H2,1-2H3/t14-/m1/s1. The van der Waals surface area contributed by atoms with Gasteiger partial charge in [-0.15, -0.1) is 22.7 Å². The molecular formula is C22H23N5OS2. The van der Waals surface area contributed by atoms with Crippen molar-refractivity contribution >= 4 is 40.3 Å². The van der Waals surface area contributed by atoms with Gasteiger partial charge in [-0.05, 0) is 42.5 Å². The van der Waals surface area contributed by atoms with Gasteiger partial charge < -0.3 is 9.80 Å². The lowest BCUT2D eigenvalue weighted by molar-refractivity contribution is 0.0701. The van der Waals surface area contributed by atoms with E-state index in [0.29, 0.717) is 24.3 Å². The molecule has 0 radical (unpaired) electrons. The maximum absolute atomic E-state index is 13.1. The van der Waals surface area contributed by atoms with Crippen LogP contribution in [0.25, 0.3) is 10.4 Å². The second kappa shape index (κ2) is 8.49. The second-order valence-corrected chi connectivity index (χ2v) is 8.99. The number of amides is 1. The van der Waals surface area contributed by atoms with Crippen molar-refractivity contribution in [1.29, 1.82) is 10.8 Å². The third kappa shape index (κ3) is 3.80. The Bertz CT molecular complexity index is 1070. The molecule has 2 aromatic heterocycles. The van der Waals surface area contributed by atoms with Crippen LogP contribution in [0.2, 0.25) is 0 Å². The van der Waals surface area contributed by atoms with Crippen molar-refractivity contribution in [3.63, 3.8) is 0 Å². The van der Waals surface area contributed by atoms with E-state index in [2.05, 4.69) is 11.1 Å². The number of carbonyl (C=O) groups is 1. The molecule has 1 aromatic carbocycles. The van der Waals surface area contributed by atoms with Crippen LogP contribution in [0, 0.1) is 10.8 Å². The summed E-state index contributed by atoms with van der Waals surface area (Å²) in [5.41, 5.74) is 2.30. The van der Waals surface area contributed by atoms with E-state index in [1.165, 1.54) is 16.2 Å². The summed E-state index contributed by atoms with van der Waals surface area (Å²) in [6, 6.07) is 11.3. The molecule has 3 aromatic rings. The Morgan fingerprint density at radius 1 is 1.20 bits per heavy atom. The van der Waals surface area contributed by atoms with Gasteiger partial charge in [-0.3, -0.25) is 15.6 Å². The number of thiophene rings is 1. The first kappa shape index (κ1) is 20.4. The Morgan fingerprint density at radius 2 is 1.97 bits per heavy atom. The zero-order valence-corrected chi connectivity index (χ0v) is 18.5. The molecule has 30 heavy (non-hydrogen) atoms. The molecule has 0 unspecified atom stereocenters. The third-order valence-electron chi connectivity index (χ3n) is 5.28. The van der Waals surface area contributed by atoms with Gasteiger partial charge in [0.15, 0.2) is 5.84 Å². The molecule has 0 aliphatic carbocycles. The monoisotopic (exact) mass is 437 g/mol. The summed E-state index contributed by atoms with van der Waals surface area (Å²) in [5, 5.41) is 21.9. The van der Waals surface area contributed by atoms with Crippen molar-refractivity contribution in [2.75, 3.05) is 13.1 Å². The quantitative estimate of drug-likeness (QED) is 0.463. The predicted molar refractivity (Wildman–Crippen MR) is 123 cm³/mol. The topological polar surface area (TPSA) is 84.1 Å². The fourth-order valence-corrected chi connectivity index (χ4v) is 4.97. The zero-order chi connectivity index (χ0) is 21.3. The Labute approximate surface area is 183 Å². The summed E-state index contributed by atoms with van der Waals surface area (Å²) in [6.45, 7) is 4.76. The fourth-order valence-electron chi connectivity index (χ4n) is 3.51. The highest BCUT2D eigenvalue weighted by Crippen LogP contribution is 2.25. The molecule has 1 saturated heterocycles.